The third-order valence-electron chi connectivity index (χ3n) is 3.49. The maximum absolute atomic E-state index is 9.65. The standard InChI is InChI=1S/C9H17NO4/c11-8-6-4-2-1-3-5-7(6)10(14)9(8,12)13/h6-8,11-14H,1-5H2. The molecule has 5 nitrogen and oxygen atoms in total. The van der Waals surface area contributed by atoms with Crippen LogP contribution in [0.4, 0.5) is 0 Å². The van der Waals surface area contributed by atoms with Gasteiger partial charge < -0.3 is 20.5 Å². The molecule has 0 spiro atoms. The van der Waals surface area contributed by atoms with Crippen LogP contribution in [0.3, 0.4) is 0 Å². The molecule has 2 rings (SSSR count). The van der Waals surface area contributed by atoms with Gasteiger partial charge in [0.15, 0.2) is 0 Å². The van der Waals surface area contributed by atoms with E-state index in [4.69, 9.17) is 0 Å². The number of hydroxylamine groups is 2. The molecule has 4 N–H and O–H groups in total. The van der Waals surface area contributed by atoms with E-state index in [1.807, 2.05) is 0 Å². The minimum atomic E-state index is -2.47. The maximum atomic E-state index is 9.65. The highest BCUT2D eigenvalue weighted by molar-refractivity contribution is 4.96. The zero-order valence-electron chi connectivity index (χ0n) is 8.00. The van der Waals surface area contributed by atoms with Crippen molar-refractivity contribution in [2.75, 3.05) is 0 Å². The van der Waals surface area contributed by atoms with Crippen LogP contribution in [0, 0.1) is 5.92 Å². The van der Waals surface area contributed by atoms with Gasteiger partial charge in [0.25, 0.3) is 5.91 Å². The van der Waals surface area contributed by atoms with E-state index >= 15 is 0 Å². The molecule has 0 amide bonds. The second-order valence-corrected chi connectivity index (χ2v) is 4.35. The van der Waals surface area contributed by atoms with E-state index in [2.05, 4.69) is 0 Å². The van der Waals surface area contributed by atoms with Crippen molar-refractivity contribution in [3.8, 4) is 0 Å². The quantitative estimate of drug-likeness (QED) is 0.404. The van der Waals surface area contributed by atoms with Crippen LogP contribution in [0.1, 0.15) is 32.1 Å². The summed E-state index contributed by atoms with van der Waals surface area (Å²) in [5.74, 6) is -2.69. The number of nitrogens with zero attached hydrogens (tertiary/aromatic N) is 1. The fourth-order valence-corrected chi connectivity index (χ4v) is 2.66. The van der Waals surface area contributed by atoms with Crippen molar-refractivity contribution in [1.29, 1.82) is 0 Å². The van der Waals surface area contributed by atoms with Crippen molar-refractivity contribution in [2.45, 2.75) is 50.2 Å². The SMILES string of the molecule is OC1C2CCCCCC2N(O)C1(O)O. The van der Waals surface area contributed by atoms with Gasteiger partial charge in [-0.3, -0.25) is 0 Å². The first-order valence-electron chi connectivity index (χ1n) is 5.16. The Morgan fingerprint density at radius 3 is 2.43 bits per heavy atom. The van der Waals surface area contributed by atoms with Gasteiger partial charge in [-0.15, -0.1) is 5.06 Å². The molecular weight excluding hydrogens is 186 g/mol. The average molecular weight is 203 g/mol. The Bertz CT molecular complexity index is 201. The molecular formula is C9H17NO4. The maximum Gasteiger partial charge on any atom is 0.274 e. The van der Waals surface area contributed by atoms with Crippen molar-refractivity contribution < 1.29 is 20.5 Å². The predicted octanol–water partition coefficient (Wildman–Crippen LogP) is -0.361. The number of aliphatic hydroxyl groups excluding tert-OH is 1. The number of hydrogen-bond acceptors (Lipinski definition) is 5. The molecule has 0 aromatic rings. The molecule has 3 atom stereocenters. The summed E-state index contributed by atoms with van der Waals surface area (Å²) in [5, 5.41) is 38.6. The van der Waals surface area contributed by atoms with E-state index in [0.717, 1.165) is 25.7 Å². The highest BCUT2D eigenvalue weighted by Crippen LogP contribution is 2.40. The molecule has 1 saturated carbocycles. The Balaban J connectivity index is 2.21. The lowest BCUT2D eigenvalue weighted by Gasteiger charge is -2.27. The summed E-state index contributed by atoms with van der Waals surface area (Å²) in [7, 11) is 0. The van der Waals surface area contributed by atoms with Gasteiger partial charge in [-0.1, -0.05) is 19.3 Å². The van der Waals surface area contributed by atoms with Gasteiger partial charge in [0.1, 0.15) is 6.10 Å². The van der Waals surface area contributed by atoms with Crippen LogP contribution >= 0.6 is 0 Å². The summed E-state index contributed by atoms with van der Waals surface area (Å²) in [6, 6.07) is -0.317. The fourth-order valence-electron chi connectivity index (χ4n) is 2.66. The van der Waals surface area contributed by atoms with E-state index < -0.39 is 12.0 Å². The van der Waals surface area contributed by atoms with Crippen molar-refractivity contribution in [2.24, 2.45) is 5.92 Å². The Kier molecular flexibility index (Phi) is 2.53. The molecule has 0 radical (unpaired) electrons. The lowest BCUT2D eigenvalue weighted by molar-refractivity contribution is -0.373. The van der Waals surface area contributed by atoms with E-state index in [0.29, 0.717) is 11.5 Å². The molecule has 82 valence electrons. The first-order chi connectivity index (χ1) is 6.55. The second-order valence-electron chi connectivity index (χ2n) is 4.35. The van der Waals surface area contributed by atoms with Gasteiger partial charge >= 0.3 is 0 Å². The molecule has 1 saturated heterocycles. The molecule has 2 aliphatic rings. The van der Waals surface area contributed by atoms with Crippen LogP contribution in [0.5, 0.6) is 0 Å². The lowest BCUT2D eigenvalue weighted by Crippen LogP contribution is -2.50. The molecule has 5 heteroatoms. The van der Waals surface area contributed by atoms with Crippen LogP contribution in [0.2, 0.25) is 0 Å². The van der Waals surface area contributed by atoms with Crippen molar-refractivity contribution in [3.63, 3.8) is 0 Å². The molecule has 3 unspecified atom stereocenters. The van der Waals surface area contributed by atoms with Gasteiger partial charge in [0, 0.05) is 12.0 Å². The number of fused-ring (bicyclic) bond motifs is 1. The predicted molar refractivity (Wildman–Crippen MR) is 47.2 cm³/mol. The van der Waals surface area contributed by atoms with E-state index in [1.165, 1.54) is 0 Å². The third-order valence-corrected chi connectivity index (χ3v) is 3.49. The Morgan fingerprint density at radius 1 is 1.07 bits per heavy atom. The number of hydrogen-bond donors (Lipinski definition) is 4. The first-order valence-corrected chi connectivity index (χ1v) is 5.16. The summed E-state index contributed by atoms with van der Waals surface area (Å²) >= 11 is 0. The highest BCUT2D eigenvalue weighted by atomic mass is 16.7. The fraction of sp³-hybridized carbons (Fsp3) is 1.00. The topological polar surface area (TPSA) is 84.2 Å². The minimum absolute atomic E-state index is 0.225. The highest BCUT2D eigenvalue weighted by Gasteiger charge is 2.57. The zero-order chi connectivity index (χ0) is 10.3. The van der Waals surface area contributed by atoms with Crippen LogP contribution in [0.25, 0.3) is 0 Å². The molecule has 1 aliphatic carbocycles. The third kappa shape index (κ3) is 1.36. The van der Waals surface area contributed by atoms with Gasteiger partial charge in [-0.25, -0.2) is 0 Å². The average Bonchev–Trinajstić information content (AvgIpc) is 2.40. The normalized spacial score (nSPS) is 43.3. The number of rotatable bonds is 0. The molecule has 2 fully saturated rings. The summed E-state index contributed by atoms with van der Waals surface area (Å²) in [6.45, 7) is 0. The molecule has 14 heavy (non-hydrogen) atoms. The van der Waals surface area contributed by atoms with E-state index in [-0.39, 0.29) is 12.0 Å². The van der Waals surface area contributed by atoms with Crippen molar-refractivity contribution in [3.05, 3.63) is 0 Å². The molecule has 1 aliphatic heterocycles. The van der Waals surface area contributed by atoms with Gasteiger partial charge in [0.2, 0.25) is 0 Å². The Morgan fingerprint density at radius 2 is 1.71 bits per heavy atom. The van der Waals surface area contributed by atoms with Crippen LogP contribution in [0.15, 0.2) is 0 Å². The molecule has 0 aromatic heterocycles. The van der Waals surface area contributed by atoms with E-state index in [1.54, 1.807) is 0 Å². The van der Waals surface area contributed by atoms with Crippen LogP contribution in [-0.2, 0) is 0 Å². The summed E-state index contributed by atoms with van der Waals surface area (Å²) in [6.07, 6.45) is 3.20. The number of aliphatic hydroxyl groups is 3. The monoisotopic (exact) mass is 203 g/mol. The second kappa shape index (κ2) is 3.43. The van der Waals surface area contributed by atoms with Gasteiger partial charge in [-0.05, 0) is 12.8 Å². The molecule has 0 aromatic carbocycles. The summed E-state index contributed by atoms with van der Waals surface area (Å²) in [4.78, 5) is 0. The zero-order valence-corrected chi connectivity index (χ0v) is 8.00. The minimum Gasteiger partial charge on any atom is -0.385 e. The Labute approximate surface area is 82.5 Å². The van der Waals surface area contributed by atoms with Crippen molar-refractivity contribution in [1.82, 2.24) is 5.06 Å². The Hall–Kier alpha value is -0.200. The molecule has 0 bridgehead atoms. The van der Waals surface area contributed by atoms with Gasteiger partial charge in [-0.2, -0.15) is 0 Å². The van der Waals surface area contributed by atoms with Gasteiger partial charge in [0.05, 0.1) is 0 Å². The largest absolute Gasteiger partial charge is 0.385 e. The lowest BCUT2D eigenvalue weighted by atomic mass is 9.93. The van der Waals surface area contributed by atoms with Crippen LogP contribution in [-0.4, -0.2) is 43.6 Å². The first kappa shape index (κ1) is 10.3. The van der Waals surface area contributed by atoms with Crippen LogP contribution < -0.4 is 0 Å². The van der Waals surface area contributed by atoms with Crippen molar-refractivity contribution >= 4 is 0 Å². The summed E-state index contributed by atoms with van der Waals surface area (Å²) < 4.78 is 0. The summed E-state index contributed by atoms with van der Waals surface area (Å²) in [5.41, 5.74) is 0. The van der Waals surface area contributed by atoms with E-state index in [9.17, 15) is 20.5 Å². The molecule has 1 heterocycles. The smallest absolute Gasteiger partial charge is 0.274 e.